The van der Waals surface area contributed by atoms with Crippen LogP contribution in [0.4, 0.5) is 5.82 Å². The Morgan fingerprint density at radius 2 is 1.95 bits per heavy atom. The van der Waals surface area contributed by atoms with E-state index < -0.39 is 0 Å². The molecule has 0 aliphatic heterocycles. The first-order valence-corrected chi connectivity index (χ1v) is 7.38. The number of hydrogen-bond donors (Lipinski definition) is 1. The van der Waals surface area contributed by atoms with Gasteiger partial charge >= 0.3 is 0 Å². The molecule has 100 valence electrons. The quantitative estimate of drug-likeness (QED) is 0.649. The second-order valence-corrected chi connectivity index (χ2v) is 5.17. The van der Waals surface area contributed by atoms with Crippen LogP contribution in [0.25, 0.3) is 0 Å². The fourth-order valence-electron chi connectivity index (χ4n) is 1.87. The molecule has 1 N–H and O–H groups in total. The molecule has 0 radical (unpaired) electrons. The molecular weight excluding hydrogens is 302 g/mol. The molecule has 2 rings (SSSR count). The summed E-state index contributed by atoms with van der Waals surface area (Å²) in [6.45, 7) is 2.97. The van der Waals surface area contributed by atoms with E-state index in [2.05, 4.69) is 62.4 Å². The van der Waals surface area contributed by atoms with Crippen molar-refractivity contribution < 1.29 is 0 Å². The summed E-state index contributed by atoms with van der Waals surface area (Å²) in [5.74, 6) is 1.76. The van der Waals surface area contributed by atoms with Gasteiger partial charge < -0.3 is 5.32 Å². The smallest absolute Gasteiger partial charge is 0.131 e. The molecule has 0 fully saturated rings. The van der Waals surface area contributed by atoms with Crippen molar-refractivity contribution in [2.75, 3.05) is 11.9 Å². The number of hydrogen-bond acceptors (Lipinski definition) is 3. The second kappa shape index (κ2) is 7.24. The summed E-state index contributed by atoms with van der Waals surface area (Å²) in [6, 6.07) is 12.5. The normalized spacial score (nSPS) is 10.4. The van der Waals surface area contributed by atoms with Crippen LogP contribution in [-0.2, 0) is 12.8 Å². The van der Waals surface area contributed by atoms with Gasteiger partial charge in [0.1, 0.15) is 16.2 Å². The van der Waals surface area contributed by atoms with Gasteiger partial charge in [-0.3, -0.25) is 0 Å². The molecule has 0 unspecified atom stereocenters. The van der Waals surface area contributed by atoms with Gasteiger partial charge in [-0.05, 0) is 34.3 Å². The van der Waals surface area contributed by atoms with E-state index in [0.29, 0.717) is 0 Å². The van der Waals surface area contributed by atoms with E-state index in [1.54, 1.807) is 0 Å². The van der Waals surface area contributed by atoms with Crippen molar-refractivity contribution in [3.63, 3.8) is 0 Å². The summed E-state index contributed by atoms with van der Waals surface area (Å²) in [5, 5.41) is 3.35. The van der Waals surface area contributed by atoms with E-state index in [1.807, 2.05) is 12.1 Å². The van der Waals surface area contributed by atoms with Crippen LogP contribution in [0.3, 0.4) is 0 Å². The monoisotopic (exact) mass is 319 g/mol. The van der Waals surface area contributed by atoms with Crippen molar-refractivity contribution in [3.05, 3.63) is 52.4 Å². The van der Waals surface area contributed by atoms with E-state index in [9.17, 15) is 0 Å². The molecule has 0 atom stereocenters. The van der Waals surface area contributed by atoms with Gasteiger partial charge in [-0.2, -0.15) is 0 Å². The molecule has 0 saturated heterocycles. The maximum atomic E-state index is 4.44. The number of nitrogens with one attached hydrogen (secondary N) is 1. The minimum Gasteiger partial charge on any atom is -0.370 e. The van der Waals surface area contributed by atoms with Crippen LogP contribution in [-0.4, -0.2) is 16.5 Å². The fourth-order valence-corrected chi connectivity index (χ4v) is 2.29. The third-order valence-corrected chi connectivity index (χ3v) is 3.25. The Bertz CT molecular complexity index is 514. The van der Waals surface area contributed by atoms with Crippen LogP contribution in [0.2, 0.25) is 0 Å². The lowest BCUT2D eigenvalue weighted by Crippen LogP contribution is -2.06. The number of halogens is 1. The highest BCUT2D eigenvalue weighted by Crippen LogP contribution is 2.13. The van der Waals surface area contributed by atoms with Crippen LogP contribution in [0.15, 0.2) is 41.0 Å². The standard InChI is InChI=1S/C15H18BrN3/c1-2-14-18-13(16)11-15(19-14)17-10-6-9-12-7-4-3-5-8-12/h3-5,7-8,11H,2,6,9-10H2,1H3,(H,17,18,19). The Morgan fingerprint density at radius 3 is 2.68 bits per heavy atom. The Labute approximate surface area is 122 Å². The summed E-state index contributed by atoms with van der Waals surface area (Å²) < 4.78 is 0.838. The number of rotatable bonds is 6. The number of nitrogens with zero attached hydrogens (tertiary/aromatic N) is 2. The Kier molecular flexibility index (Phi) is 5.33. The number of aromatic nitrogens is 2. The highest BCUT2D eigenvalue weighted by atomic mass is 79.9. The van der Waals surface area contributed by atoms with E-state index >= 15 is 0 Å². The first kappa shape index (κ1) is 14.0. The van der Waals surface area contributed by atoms with E-state index in [0.717, 1.165) is 42.1 Å². The Morgan fingerprint density at radius 1 is 1.16 bits per heavy atom. The summed E-state index contributed by atoms with van der Waals surface area (Å²) >= 11 is 3.41. The van der Waals surface area contributed by atoms with Crippen molar-refractivity contribution in [2.24, 2.45) is 0 Å². The summed E-state index contributed by atoms with van der Waals surface area (Å²) in [7, 11) is 0. The zero-order valence-electron chi connectivity index (χ0n) is 11.1. The van der Waals surface area contributed by atoms with E-state index in [1.165, 1.54) is 5.56 Å². The van der Waals surface area contributed by atoms with Crippen molar-refractivity contribution in [1.29, 1.82) is 0 Å². The number of anilines is 1. The Hall–Kier alpha value is -1.42. The lowest BCUT2D eigenvalue weighted by atomic mass is 10.1. The highest BCUT2D eigenvalue weighted by molar-refractivity contribution is 9.10. The van der Waals surface area contributed by atoms with Crippen LogP contribution >= 0.6 is 15.9 Å². The van der Waals surface area contributed by atoms with Gasteiger partial charge in [-0.15, -0.1) is 0 Å². The lowest BCUT2D eigenvalue weighted by molar-refractivity contribution is 0.850. The average molecular weight is 320 g/mol. The molecule has 1 aromatic carbocycles. The molecule has 0 aliphatic rings. The van der Waals surface area contributed by atoms with Crippen molar-refractivity contribution >= 4 is 21.7 Å². The molecule has 0 amide bonds. The van der Waals surface area contributed by atoms with Gasteiger partial charge in [0.2, 0.25) is 0 Å². The van der Waals surface area contributed by atoms with Gasteiger partial charge in [0, 0.05) is 19.0 Å². The first-order chi connectivity index (χ1) is 9.28. The van der Waals surface area contributed by atoms with Crippen LogP contribution in [0.5, 0.6) is 0 Å². The van der Waals surface area contributed by atoms with Crippen molar-refractivity contribution in [1.82, 2.24) is 9.97 Å². The topological polar surface area (TPSA) is 37.8 Å². The maximum absolute atomic E-state index is 4.44. The number of benzene rings is 1. The minimum absolute atomic E-state index is 0.838. The van der Waals surface area contributed by atoms with Crippen LogP contribution in [0.1, 0.15) is 24.7 Å². The zero-order chi connectivity index (χ0) is 13.5. The molecule has 19 heavy (non-hydrogen) atoms. The second-order valence-electron chi connectivity index (χ2n) is 4.36. The molecule has 3 nitrogen and oxygen atoms in total. The highest BCUT2D eigenvalue weighted by Gasteiger charge is 2.01. The summed E-state index contributed by atoms with van der Waals surface area (Å²) in [4.78, 5) is 8.74. The lowest BCUT2D eigenvalue weighted by Gasteiger charge is -2.07. The molecular formula is C15H18BrN3. The van der Waals surface area contributed by atoms with Crippen molar-refractivity contribution in [2.45, 2.75) is 26.2 Å². The molecule has 0 spiro atoms. The van der Waals surface area contributed by atoms with Crippen molar-refractivity contribution in [3.8, 4) is 0 Å². The predicted octanol–water partition coefficient (Wildman–Crippen LogP) is 3.85. The maximum Gasteiger partial charge on any atom is 0.131 e. The fraction of sp³-hybridized carbons (Fsp3) is 0.333. The third kappa shape index (κ3) is 4.63. The molecule has 2 aromatic rings. The van der Waals surface area contributed by atoms with Gasteiger partial charge in [0.15, 0.2) is 0 Å². The Balaban J connectivity index is 1.81. The molecule has 4 heteroatoms. The minimum atomic E-state index is 0.838. The number of aryl methyl sites for hydroxylation is 2. The van der Waals surface area contributed by atoms with E-state index in [-0.39, 0.29) is 0 Å². The molecule has 0 bridgehead atoms. The molecule has 1 aromatic heterocycles. The molecule has 0 saturated carbocycles. The summed E-state index contributed by atoms with van der Waals surface area (Å²) in [5.41, 5.74) is 1.38. The molecule has 1 heterocycles. The van der Waals surface area contributed by atoms with Crippen LogP contribution in [0, 0.1) is 0 Å². The SMILES string of the molecule is CCc1nc(Br)cc(NCCCc2ccccc2)n1. The van der Waals surface area contributed by atoms with E-state index in [4.69, 9.17) is 0 Å². The average Bonchev–Trinajstić information content (AvgIpc) is 2.44. The van der Waals surface area contributed by atoms with Gasteiger partial charge in [0.05, 0.1) is 0 Å². The largest absolute Gasteiger partial charge is 0.370 e. The van der Waals surface area contributed by atoms with Gasteiger partial charge in [0.25, 0.3) is 0 Å². The third-order valence-electron chi connectivity index (χ3n) is 2.85. The van der Waals surface area contributed by atoms with Gasteiger partial charge in [-0.25, -0.2) is 9.97 Å². The molecule has 0 aliphatic carbocycles. The predicted molar refractivity (Wildman–Crippen MR) is 82.4 cm³/mol. The zero-order valence-corrected chi connectivity index (χ0v) is 12.7. The van der Waals surface area contributed by atoms with Crippen LogP contribution < -0.4 is 5.32 Å². The summed E-state index contributed by atoms with van der Waals surface area (Å²) in [6.07, 6.45) is 3.02. The first-order valence-electron chi connectivity index (χ1n) is 6.59. The van der Waals surface area contributed by atoms with Gasteiger partial charge in [-0.1, -0.05) is 37.3 Å².